The predicted molar refractivity (Wildman–Crippen MR) is 77.0 cm³/mol. The summed E-state index contributed by atoms with van der Waals surface area (Å²) in [6, 6.07) is 0. The third-order valence-electron chi connectivity index (χ3n) is 4.18. The van der Waals surface area contributed by atoms with Crippen molar-refractivity contribution in [1.82, 2.24) is 10.2 Å². The third-order valence-corrected chi connectivity index (χ3v) is 4.18. The number of amides is 1. The summed E-state index contributed by atoms with van der Waals surface area (Å²) in [4.78, 5) is 12.7. The zero-order chi connectivity index (χ0) is 13.9. The average molecular weight is 263 g/mol. The second-order valence-corrected chi connectivity index (χ2v) is 6.16. The number of nitrogens with one attached hydrogen (secondary N) is 2. The van der Waals surface area contributed by atoms with Crippen LogP contribution in [0, 0.1) is 11.3 Å². The van der Waals surface area contributed by atoms with Crippen LogP contribution in [0.5, 0.6) is 0 Å². The maximum Gasteiger partial charge on any atom is 0.231 e. The average Bonchev–Trinajstić information content (AvgIpc) is 2.98. The SMILES string of the molecule is CCc1cn[nH]c1NC(=O)C1(CC(C)C)CCCC1. The van der Waals surface area contributed by atoms with Gasteiger partial charge in [-0.05, 0) is 31.6 Å². The Bertz CT molecular complexity index is 430. The summed E-state index contributed by atoms with van der Waals surface area (Å²) in [5.41, 5.74) is 0.913. The van der Waals surface area contributed by atoms with Gasteiger partial charge >= 0.3 is 0 Å². The Morgan fingerprint density at radius 2 is 2.16 bits per heavy atom. The topological polar surface area (TPSA) is 57.8 Å². The van der Waals surface area contributed by atoms with Crippen molar-refractivity contribution in [3.63, 3.8) is 0 Å². The first-order valence-electron chi connectivity index (χ1n) is 7.41. The number of hydrogen-bond donors (Lipinski definition) is 2. The molecule has 2 rings (SSSR count). The van der Waals surface area contributed by atoms with E-state index in [2.05, 4.69) is 36.3 Å². The highest BCUT2D eigenvalue weighted by molar-refractivity contribution is 5.95. The van der Waals surface area contributed by atoms with Crippen LogP contribution in [0.1, 0.15) is 58.4 Å². The lowest BCUT2D eigenvalue weighted by atomic mass is 9.77. The summed E-state index contributed by atoms with van der Waals surface area (Å²) in [5, 5.41) is 9.99. The van der Waals surface area contributed by atoms with Crippen LogP contribution in [-0.4, -0.2) is 16.1 Å². The van der Waals surface area contributed by atoms with Gasteiger partial charge in [-0.3, -0.25) is 9.89 Å². The van der Waals surface area contributed by atoms with Gasteiger partial charge in [0.1, 0.15) is 5.82 Å². The van der Waals surface area contributed by atoms with E-state index in [-0.39, 0.29) is 11.3 Å². The molecule has 0 saturated heterocycles. The van der Waals surface area contributed by atoms with Crippen LogP contribution < -0.4 is 5.32 Å². The maximum absolute atomic E-state index is 12.7. The molecular weight excluding hydrogens is 238 g/mol. The zero-order valence-electron chi connectivity index (χ0n) is 12.3. The van der Waals surface area contributed by atoms with Crippen LogP contribution >= 0.6 is 0 Å². The predicted octanol–water partition coefficient (Wildman–Crippen LogP) is 3.52. The van der Waals surface area contributed by atoms with Crippen molar-refractivity contribution < 1.29 is 4.79 Å². The van der Waals surface area contributed by atoms with Gasteiger partial charge in [-0.2, -0.15) is 5.10 Å². The molecule has 1 saturated carbocycles. The minimum Gasteiger partial charge on any atom is -0.310 e. The van der Waals surface area contributed by atoms with Gasteiger partial charge in [-0.1, -0.05) is 33.6 Å². The monoisotopic (exact) mass is 263 g/mol. The Balaban J connectivity index is 2.12. The van der Waals surface area contributed by atoms with E-state index < -0.39 is 0 Å². The first-order chi connectivity index (χ1) is 9.07. The highest BCUT2D eigenvalue weighted by Crippen LogP contribution is 2.44. The summed E-state index contributed by atoms with van der Waals surface area (Å²) < 4.78 is 0. The van der Waals surface area contributed by atoms with Crippen LogP contribution in [0.25, 0.3) is 0 Å². The molecule has 1 aromatic rings. The minimum absolute atomic E-state index is 0.162. The highest BCUT2D eigenvalue weighted by atomic mass is 16.2. The van der Waals surface area contributed by atoms with E-state index in [9.17, 15) is 4.79 Å². The van der Waals surface area contributed by atoms with Gasteiger partial charge in [0.05, 0.1) is 6.20 Å². The number of anilines is 1. The number of aryl methyl sites for hydroxylation is 1. The number of hydrogen-bond acceptors (Lipinski definition) is 2. The fourth-order valence-corrected chi connectivity index (χ4v) is 3.29. The van der Waals surface area contributed by atoms with E-state index in [4.69, 9.17) is 0 Å². The van der Waals surface area contributed by atoms with Crippen molar-refractivity contribution in [2.75, 3.05) is 5.32 Å². The minimum atomic E-state index is -0.162. The molecule has 0 spiro atoms. The first-order valence-corrected chi connectivity index (χ1v) is 7.41. The Kier molecular flexibility index (Phi) is 4.27. The van der Waals surface area contributed by atoms with E-state index in [0.717, 1.165) is 37.1 Å². The Morgan fingerprint density at radius 3 is 2.74 bits per heavy atom. The van der Waals surface area contributed by atoms with Gasteiger partial charge in [0.15, 0.2) is 0 Å². The van der Waals surface area contributed by atoms with Crippen LogP contribution in [0.2, 0.25) is 0 Å². The molecule has 0 unspecified atom stereocenters. The number of aromatic nitrogens is 2. The molecule has 1 heterocycles. The van der Waals surface area contributed by atoms with Crippen molar-refractivity contribution in [2.45, 2.75) is 59.3 Å². The van der Waals surface area contributed by atoms with E-state index >= 15 is 0 Å². The Labute approximate surface area is 115 Å². The van der Waals surface area contributed by atoms with Crippen molar-refractivity contribution in [1.29, 1.82) is 0 Å². The number of carbonyl (C=O) groups is 1. The highest BCUT2D eigenvalue weighted by Gasteiger charge is 2.41. The molecule has 0 aliphatic heterocycles. The quantitative estimate of drug-likeness (QED) is 0.854. The molecule has 1 amide bonds. The molecule has 0 bridgehead atoms. The summed E-state index contributed by atoms with van der Waals surface area (Å²) in [6.07, 6.45) is 8.03. The Hall–Kier alpha value is -1.32. The van der Waals surface area contributed by atoms with Gasteiger partial charge in [-0.25, -0.2) is 0 Å². The normalized spacial score (nSPS) is 17.9. The van der Waals surface area contributed by atoms with Gasteiger partial charge in [0, 0.05) is 11.0 Å². The van der Waals surface area contributed by atoms with Gasteiger partial charge in [-0.15, -0.1) is 0 Å². The second kappa shape index (κ2) is 5.76. The number of H-pyrrole nitrogens is 1. The molecule has 1 aliphatic carbocycles. The molecule has 0 atom stereocenters. The lowest BCUT2D eigenvalue weighted by Gasteiger charge is -2.29. The molecule has 2 N–H and O–H groups in total. The summed E-state index contributed by atoms with van der Waals surface area (Å²) in [7, 11) is 0. The van der Waals surface area contributed by atoms with Crippen LogP contribution in [0.15, 0.2) is 6.20 Å². The summed E-state index contributed by atoms with van der Waals surface area (Å²) in [6.45, 7) is 6.46. The molecule has 0 radical (unpaired) electrons. The van der Waals surface area contributed by atoms with Crippen LogP contribution in [0.3, 0.4) is 0 Å². The fraction of sp³-hybridized carbons (Fsp3) is 0.733. The largest absolute Gasteiger partial charge is 0.310 e. The fourth-order valence-electron chi connectivity index (χ4n) is 3.29. The summed E-state index contributed by atoms with van der Waals surface area (Å²) >= 11 is 0. The van der Waals surface area contributed by atoms with Gasteiger partial charge < -0.3 is 5.32 Å². The molecule has 1 aromatic heterocycles. The lowest BCUT2D eigenvalue weighted by molar-refractivity contribution is -0.126. The number of carbonyl (C=O) groups excluding carboxylic acids is 1. The molecule has 1 aliphatic rings. The van der Waals surface area contributed by atoms with E-state index in [1.807, 2.05) is 0 Å². The number of nitrogens with zero attached hydrogens (tertiary/aromatic N) is 1. The second-order valence-electron chi connectivity index (χ2n) is 6.16. The van der Waals surface area contributed by atoms with Crippen LogP contribution in [0.4, 0.5) is 5.82 Å². The number of aromatic amines is 1. The lowest BCUT2D eigenvalue weighted by Crippen LogP contribution is -2.35. The molecule has 4 heteroatoms. The number of rotatable bonds is 5. The summed E-state index contributed by atoms with van der Waals surface area (Å²) in [5.74, 6) is 1.51. The third kappa shape index (κ3) is 2.99. The van der Waals surface area contributed by atoms with E-state index in [1.165, 1.54) is 12.8 Å². The van der Waals surface area contributed by atoms with Gasteiger partial charge in [0.25, 0.3) is 0 Å². The van der Waals surface area contributed by atoms with Gasteiger partial charge in [0.2, 0.25) is 5.91 Å². The van der Waals surface area contributed by atoms with Crippen LogP contribution in [-0.2, 0) is 11.2 Å². The molecule has 4 nitrogen and oxygen atoms in total. The molecular formula is C15H25N3O. The van der Waals surface area contributed by atoms with E-state index in [1.54, 1.807) is 6.20 Å². The zero-order valence-corrected chi connectivity index (χ0v) is 12.3. The van der Waals surface area contributed by atoms with E-state index in [0.29, 0.717) is 5.92 Å². The first kappa shape index (κ1) is 14.1. The molecule has 19 heavy (non-hydrogen) atoms. The maximum atomic E-state index is 12.7. The molecule has 1 fully saturated rings. The smallest absolute Gasteiger partial charge is 0.231 e. The van der Waals surface area contributed by atoms with Crippen molar-refractivity contribution in [2.24, 2.45) is 11.3 Å². The van der Waals surface area contributed by atoms with Crippen molar-refractivity contribution in [3.05, 3.63) is 11.8 Å². The standard InChI is InChI=1S/C15H25N3O/c1-4-12-10-16-18-13(12)17-14(19)15(9-11(2)3)7-5-6-8-15/h10-11H,4-9H2,1-3H3,(H2,16,17,18,19). The molecule has 106 valence electrons. The Morgan fingerprint density at radius 1 is 1.47 bits per heavy atom. The van der Waals surface area contributed by atoms with Crippen molar-refractivity contribution >= 4 is 11.7 Å². The van der Waals surface area contributed by atoms with Crippen molar-refractivity contribution in [3.8, 4) is 0 Å². The molecule has 0 aromatic carbocycles.